The van der Waals surface area contributed by atoms with Gasteiger partial charge in [0.1, 0.15) is 0 Å². The molecule has 0 spiro atoms. The van der Waals surface area contributed by atoms with Gasteiger partial charge in [-0.3, -0.25) is 9.97 Å². The second-order valence-corrected chi connectivity index (χ2v) is 3.23. The number of nitrogens with zero attached hydrogens (tertiary/aromatic N) is 3. The molecule has 2 aromatic rings. The number of carboxylic acids is 1. The quantitative estimate of drug-likeness (QED) is 0.822. The van der Waals surface area contributed by atoms with Gasteiger partial charge in [0, 0.05) is 18.0 Å². The third-order valence-corrected chi connectivity index (χ3v) is 2.13. The Morgan fingerprint density at radius 1 is 1.31 bits per heavy atom. The Morgan fingerprint density at radius 3 is 2.62 bits per heavy atom. The van der Waals surface area contributed by atoms with Gasteiger partial charge in [-0.05, 0) is 19.1 Å². The van der Waals surface area contributed by atoms with Crippen molar-refractivity contribution in [3.8, 4) is 11.3 Å². The van der Waals surface area contributed by atoms with E-state index in [1.54, 1.807) is 37.6 Å². The number of pyridine rings is 1. The molecule has 0 aliphatic carbocycles. The maximum Gasteiger partial charge on any atom is 0.356 e. The van der Waals surface area contributed by atoms with Crippen LogP contribution in [0.5, 0.6) is 0 Å². The summed E-state index contributed by atoms with van der Waals surface area (Å²) in [5.74, 6) is -1.07. The second-order valence-electron chi connectivity index (χ2n) is 3.23. The fourth-order valence-electron chi connectivity index (χ4n) is 1.31. The third-order valence-electron chi connectivity index (χ3n) is 2.13. The molecule has 0 atom stereocenters. The van der Waals surface area contributed by atoms with Gasteiger partial charge in [0.2, 0.25) is 0 Å². The molecule has 0 unspecified atom stereocenters. The van der Waals surface area contributed by atoms with Crippen LogP contribution in [0.2, 0.25) is 0 Å². The van der Waals surface area contributed by atoms with Crippen LogP contribution in [0.15, 0.2) is 30.7 Å². The Hall–Kier alpha value is -2.30. The van der Waals surface area contributed by atoms with Crippen LogP contribution in [0.3, 0.4) is 0 Å². The molecule has 0 saturated carbocycles. The van der Waals surface area contributed by atoms with Gasteiger partial charge in [-0.25, -0.2) is 9.78 Å². The minimum absolute atomic E-state index is 0.0192. The molecule has 2 heterocycles. The van der Waals surface area contributed by atoms with Crippen LogP contribution in [0.1, 0.15) is 16.2 Å². The number of aryl methyl sites for hydroxylation is 1. The zero-order valence-electron chi connectivity index (χ0n) is 8.58. The van der Waals surface area contributed by atoms with Gasteiger partial charge >= 0.3 is 5.97 Å². The molecule has 5 nitrogen and oxygen atoms in total. The number of aromatic carboxylic acids is 1. The lowest BCUT2D eigenvalue weighted by Gasteiger charge is -2.03. The molecule has 0 aliphatic rings. The molecule has 0 radical (unpaired) electrons. The number of hydrogen-bond acceptors (Lipinski definition) is 4. The van der Waals surface area contributed by atoms with E-state index in [9.17, 15) is 4.79 Å². The van der Waals surface area contributed by atoms with Gasteiger partial charge in [0.15, 0.2) is 5.69 Å². The molecule has 1 N–H and O–H groups in total. The summed E-state index contributed by atoms with van der Waals surface area (Å²) in [4.78, 5) is 22.8. The molecular formula is C11H9N3O2. The van der Waals surface area contributed by atoms with Crippen LogP contribution < -0.4 is 0 Å². The van der Waals surface area contributed by atoms with E-state index in [-0.39, 0.29) is 5.69 Å². The summed E-state index contributed by atoms with van der Waals surface area (Å²) < 4.78 is 0. The highest BCUT2D eigenvalue weighted by atomic mass is 16.4. The lowest BCUT2D eigenvalue weighted by molar-refractivity contribution is 0.0689. The normalized spacial score (nSPS) is 10.1. The molecular weight excluding hydrogens is 206 g/mol. The van der Waals surface area contributed by atoms with Crippen molar-refractivity contribution in [3.05, 3.63) is 42.1 Å². The fraction of sp³-hybridized carbons (Fsp3) is 0.0909. The first-order chi connectivity index (χ1) is 7.68. The van der Waals surface area contributed by atoms with Crippen molar-refractivity contribution < 1.29 is 9.90 Å². The number of aromatic nitrogens is 3. The Bertz CT molecular complexity index is 526. The summed E-state index contributed by atoms with van der Waals surface area (Å²) in [5, 5.41) is 8.92. The van der Waals surface area contributed by atoms with Crippen LogP contribution in [0.4, 0.5) is 0 Å². The minimum atomic E-state index is -1.07. The van der Waals surface area contributed by atoms with E-state index < -0.39 is 5.97 Å². The van der Waals surface area contributed by atoms with E-state index in [0.29, 0.717) is 11.4 Å². The van der Waals surface area contributed by atoms with Crippen LogP contribution >= 0.6 is 0 Å². The molecule has 0 amide bonds. The van der Waals surface area contributed by atoms with Crippen molar-refractivity contribution in [2.75, 3.05) is 0 Å². The average molecular weight is 215 g/mol. The third kappa shape index (κ3) is 1.88. The number of rotatable bonds is 2. The Labute approximate surface area is 91.8 Å². The van der Waals surface area contributed by atoms with Crippen molar-refractivity contribution >= 4 is 5.97 Å². The largest absolute Gasteiger partial charge is 0.476 e. The summed E-state index contributed by atoms with van der Waals surface area (Å²) in [5.41, 5.74) is 1.72. The number of carbonyl (C=O) groups is 1. The van der Waals surface area contributed by atoms with Gasteiger partial charge in [0.25, 0.3) is 0 Å². The molecule has 0 aromatic carbocycles. The fourth-order valence-corrected chi connectivity index (χ4v) is 1.31. The Kier molecular flexibility index (Phi) is 2.59. The summed E-state index contributed by atoms with van der Waals surface area (Å²) in [6.07, 6.45) is 4.80. The van der Waals surface area contributed by atoms with E-state index in [2.05, 4.69) is 15.0 Å². The monoisotopic (exact) mass is 215 g/mol. The van der Waals surface area contributed by atoms with E-state index in [1.807, 2.05) is 0 Å². The lowest BCUT2D eigenvalue weighted by atomic mass is 10.2. The van der Waals surface area contributed by atoms with Crippen molar-refractivity contribution in [1.82, 2.24) is 15.0 Å². The van der Waals surface area contributed by atoms with Gasteiger partial charge < -0.3 is 5.11 Å². The average Bonchev–Trinajstić information content (AvgIpc) is 2.30. The van der Waals surface area contributed by atoms with E-state index in [1.165, 1.54) is 0 Å². The molecule has 16 heavy (non-hydrogen) atoms. The van der Waals surface area contributed by atoms with E-state index in [0.717, 1.165) is 5.56 Å². The maximum atomic E-state index is 10.9. The second kappa shape index (κ2) is 4.06. The van der Waals surface area contributed by atoms with Crippen LogP contribution in [-0.4, -0.2) is 26.0 Å². The lowest BCUT2D eigenvalue weighted by Crippen LogP contribution is -2.06. The summed E-state index contributed by atoms with van der Waals surface area (Å²) in [6.45, 7) is 1.62. The maximum absolute atomic E-state index is 10.9. The first-order valence-electron chi connectivity index (χ1n) is 4.66. The SMILES string of the molecule is Cc1ncc(-c2ccncc2)nc1C(=O)O. The number of hydrogen-bond donors (Lipinski definition) is 1. The highest BCUT2D eigenvalue weighted by Gasteiger charge is 2.11. The molecule has 2 aromatic heterocycles. The summed E-state index contributed by atoms with van der Waals surface area (Å²) >= 11 is 0. The molecule has 0 fully saturated rings. The van der Waals surface area contributed by atoms with Crippen LogP contribution in [0, 0.1) is 6.92 Å². The molecule has 0 saturated heterocycles. The molecule has 80 valence electrons. The van der Waals surface area contributed by atoms with Crippen LogP contribution in [-0.2, 0) is 0 Å². The van der Waals surface area contributed by atoms with Gasteiger partial charge in [-0.1, -0.05) is 0 Å². The zero-order valence-corrected chi connectivity index (χ0v) is 8.58. The summed E-state index contributed by atoms with van der Waals surface area (Å²) in [7, 11) is 0. The predicted octanol–water partition coefficient (Wildman–Crippen LogP) is 1.55. The summed E-state index contributed by atoms with van der Waals surface area (Å²) in [6, 6.07) is 3.51. The van der Waals surface area contributed by atoms with Crippen molar-refractivity contribution in [3.63, 3.8) is 0 Å². The molecule has 5 heteroatoms. The zero-order chi connectivity index (χ0) is 11.5. The first kappa shape index (κ1) is 10.2. The molecule has 0 aliphatic heterocycles. The van der Waals surface area contributed by atoms with Crippen LogP contribution in [0.25, 0.3) is 11.3 Å². The highest BCUT2D eigenvalue weighted by Crippen LogP contribution is 2.15. The van der Waals surface area contributed by atoms with E-state index >= 15 is 0 Å². The van der Waals surface area contributed by atoms with E-state index in [4.69, 9.17) is 5.11 Å². The first-order valence-corrected chi connectivity index (χ1v) is 4.66. The highest BCUT2D eigenvalue weighted by molar-refractivity contribution is 5.87. The molecule has 2 rings (SSSR count). The van der Waals surface area contributed by atoms with Crippen molar-refractivity contribution in [2.45, 2.75) is 6.92 Å². The van der Waals surface area contributed by atoms with Gasteiger partial charge in [0.05, 0.1) is 17.6 Å². The van der Waals surface area contributed by atoms with Gasteiger partial charge in [-0.2, -0.15) is 0 Å². The Morgan fingerprint density at radius 2 is 2.00 bits per heavy atom. The molecule has 0 bridgehead atoms. The predicted molar refractivity (Wildman–Crippen MR) is 57.0 cm³/mol. The van der Waals surface area contributed by atoms with Crippen molar-refractivity contribution in [2.24, 2.45) is 0 Å². The minimum Gasteiger partial charge on any atom is -0.476 e. The standard InChI is InChI=1S/C11H9N3O2/c1-7-10(11(15)16)14-9(6-13-7)8-2-4-12-5-3-8/h2-6H,1H3,(H,15,16). The van der Waals surface area contributed by atoms with Gasteiger partial charge in [-0.15, -0.1) is 0 Å². The Balaban J connectivity index is 2.52. The smallest absolute Gasteiger partial charge is 0.356 e. The number of carboxylic acid groups (broad SMARTS) is 1. The van der Waals surface area contributed by atoms with Crippen molar-refractivity contribution in [1.29, 1.82) is 0 Å². The topological polar surface area (TPSA) is 76.0 Å².